The van der Waals surface area contributed by atoms with E-state index in [1.807, 2.05) is 0 Å². The minimum absolute atomic E-state index is 0.000340. The number of aliphatic hydroxyl groups excluding tert-OH is 2. The minimum atomic E-state index is -1.47. The fraction of sp³-hybridized carbons (Fsp3) is 0.893. The van der Waals surface area contributed by atoms with Crippen LogP contribution in [0.15, 0.2) is 12.2 Å². The number of hydrogen-bond donors (Lipinski definition) is 3. The molecule has 5 aliphatic carbocycles. The van der Waals surface area contributed by atoms with Crippen LogP contribution in [0.1, 0.15) is 78.6 Å². The number of carbonyl (C=O) groups is 1. The van der Waals surface area contributed by atoms with Crippen LogP contribution in [0.25, 0.3) is 0 Å². The second kappa shape index (κ2) is 6.12. The first-order valence-electron chi connectivity index (χ1n) is 13.5. The Kier molecular flexibility index (Phi) is 4.01. The van der Waals surface area contributed by atoms with E-state index in [0.717, 1.165) is 51.4 Å². The minimum Gasteiger partial charge on any atom is -0.455 e. The Morgan fingerprint density at radius 2 is 1.82 bits per heavy atom. The van der Waals surface area contributed by atoms with Gasteiger partial charge in [0, 0.05) is 11.3 Å². The molecule has 5 saturated carbocycles. The zero-order valence-electron chi connectivity index (χ0n) is 20.8. The summed E-state index contributed by atoms with van der Waals surface area (Å²) in [5.41, 5.74) is -1.86. The fourth-order valence-corrected chi connectivity index (χ4v) is 11.4. The molecule has 2 saturated heterocycles. The average Bonchev–Trinajstić information content (AvgIpc) is 3.55. The van der Waals surface area contributed by atoms with Gasteiger partial charge in [0.1, 0.15) is 11.7 Å². The summed E-state index contributed by atoms with van der Waals surface area (Å²) in [6.07, 6.45) is 6.33. The first-order chi connectivity index (χ1) is 15.9. The maximum atomic E-state index is 13.6. The monoisotopic (exact) mass is 472 g/mol. The zero-order valence-corrected chi connectivity index (χ0v) is 20.8. The van der Waals surface area contributed by atoms with Crippen LogP contribution in [0.2, 0.25) is 0 Å². The molecule has 3 N–H and O–H groups in total. The Morgan fingerprint density at radius 3 is 2.56 bits per heavy atom. The first kappa shape index (κ1) is 22.3. The molecule has 0 radical (unpaired) electrons. The lowest BCUT2D eigenvalue weighted by Gasteiger charge is -2.71. The van der Waals surface area contributed by atoms with Crippen molar-refractivity contribution in [2.75, 3.05) is 6.61 Å². The predicted octanol–water partition coefficient (Wildman–Crippen LogP) is 3.12. The molecule has 2 aliphatic heterocycles. The first-order valence-corrected chi connectivity index (χ1v) is 13.5. The lowest BCUT2D eigenvalue weighted by atomic mass is 9.31. The van der Waals surface area contributed by atoms with Crippen LogP contribution >= 0.6 is 0 Å². The van der Waals surface area contributed by atoms with E-state index < -0.39 is 23.9 Å². The molecule has 7 rings (SSSR count). The second-order valence-corrected chi connectivity index (χ2v) is 13.9. The van der Waals surface area contributed by atoms with Gasteiger partial charge in [-0.05, 0) is 80.5 Å². The third-order valence-corrected chi connectivity index (χ3v) is 13.3. The molecule has 1 spiro atoms. The van der Waals surface area contributed by atoms with Crippen molar-refractivity contribution in [3.05, 3.63) is 12.2 Å². The highest BCUT2D eigenvalue weighted by atomic mass is 16.6. The molecule has 0 unspecified atom stereocenters. The summed E-state index contributed by atoms with van der Waals surface area (Å²) in [7, 11) is 0. The van der Waals surface area contributed by atoms with Crippen LogP contribution in [0.3, 0.4) is 0 Å². The zero-order chi connectivity index (χ0) is 24.1. The maximum absolute atomic E-state index is 13.6. The molecule has 0 aromatic rings. The van der Waals surface area contributed by atoms with Crippen molar-refractivity contribution in [3.8, 4) is 0 Å². The summed E-state index contributed by atoms with van der Waals surface area (Å²) in [6, 6.07) is 0. The number of aliphatic hydroxyl groups is 3. The van der Waals surface area contributed by atoms with Crippen LogP contribution in [-0.2, 0) is 14.3 Å². The number of esters is 1. The summed E-state index contributed by atoms with van der Waals surface area (Å²) in [6.45, 7) is 11.0. The largest absolute Gasteiger partial charge is 0.455 e. The van der Waals surface area contributed by atoms with Crippen molar-refractivity contribution in [3.63, 3.8) is 0 Å². The van der Waals surface area contributed by atoms with Crippen molar-refractivity contribution in [2.45, 2.75) is 108 Å². The van der Waals surface area contributed by atoms with Gasteiger partial charge in [0.25, 0.3) is 0 Å². The molecule has 34 heavy (non-hydrogen) atoms. The van der Waals surface area contributed by atoms with Crippen LogP contribution in [-0.4, -0.2) is 57.4 Å². The van der Waals surface area contributed by atoms with Gasteiger partial charge < -0.3 is 24.8 Å². The molecular weight excluding hydrogens is 432 g/mol. The topological polar surface area (TPSA) is 99.5 Å². The summed E-state index contributed by atoms with van der Waals surface area (Å²) in [5, 5.41) is 32.4. The second-order valence-electron chi connectivity index (χ2n) is 13.9. The van der Waals surface area contributed by atoms with E-state index in [0.29, 0.717) is 6.42 Å². The molecule has 7 fully saturated rings. The smallest absolute Gasteiger partial charge is 0.313 e. The summed E-state index contributed by atoms with van der Waals surface area (Å²) >= 11 is 0. The molecule has 0 amide bonds. The molecule has 12 atom stereocenters. The summed E-state index contributed by atoms with van der Waals surface area (Å²) < 4.78 is 13.3. The predicted molar refractivity (Wildman–Crippen MR) is 123 cm³/mol. The quantitative estimate of drug-likeness (QED) is 0.308. The van der Waals surface area contributed by atoms with Gasteiger partial charge in [0.15, 0.2) is 5.60 Å². The maximum Gasteiger partial charge on any atom is 0.313 e. The Balaban J connectivity index is 1.38. The average molecular weight is 473 g/mol. The molecule has 7 aliphatic rings. The van der Waals surface area contributed by atoms with Crippen LogP contribution in [0, 0.1) is 39.4 Å². The summed E-state index contributed by atoms with van der Waals surface area (Å²) in [5.74, 6) is 0.134. The molecular formula is C28H40O6. The van der Waals surface area contributed by atoms with E-state index in [1.165, 1.54) is 5.57 Å². The van der Waals surface area contributed by atoms with Crippen molar-refractivity contribution in [2.24, 2.45) is 39.4 Å². The fourth-order valence-electron chi connectivity index (χ4n) is 11.4. The van der Waals surface area contributed by atoms with E-state index in [1.54, 1.807) is 0 Å². The lowest BCUT2D eigenvalue weighted by Crippen LogP contribution is -2.75. The van der Waals surface area contributed by atoms with Gasteiger partial charge in [-0.1, -0.05) is 32.9 Å². The van der Waals surface area contributed by atoms with Gasteiger partial charge in [-0.25, -0.2) is 0 Å². The number of hydrogen-bond acceptors (Lipinski definition) is 6. The van der Waals surface area contributed by atoms with Gasteiger partial charge in [-0.15, -0.1) is 0 Å². The summed E-state index contributed by atoms with van der Waals surface area (Å²) in [4.78, 5) is 13.6. The van der Waals surface area contributed by atoms with Crippen LogP contribution < -0.4 is 0 Å². The van der Waals surface area contributed by atoms with E-state index in [-0.39, 0.29) is 57.6 Å². The van der Waals surface area contributed by atoms with Crippen LogP contribution in [0.4, 0.5) is 0 Å². The highest BCUT2D eigenvalue weighted by Crippen LogP contribution is 2.82. The number of rotatable bonds is 1. The molecule has 6 heteroatoms. The third kappa shape index (κ3) is 2.01. The van der Waals surface area contributed by atoms with Crippen molar-refractivity contribution in [1.82, 2.24) is 0 Å². The van der Waals surface area contributed by atoms with Gasteiger partial charge >= 0.3 is 5.97 Å². The number of carbonyl (C=O) groups excluding carboxylic acids is 1. The van der Waals surface area contributed by atoms with Gasteiger partial charge in [0.2, 0.25) is 0 Å². The molecule has 0 aromatic carbocycles. The van der Waals surface area contributed by atoms with Crippen molar-refractivity contribution >= 4 is 5.97 Å². The SMILES string of the molecule is C=C1CC[C@@]23CC[C@]4(C)[C@@](OC2=O)([C@@H]3C1)[C@H]1O[C@H]1[C@@H]1[C@@]2(C)CC[C@H](O)[C@@](O)(CO)[C@@H]2CC[C@]14C. The van der Waals surface area contributed by atoms with Gasteiger partial charge in [-0.3, -0.25) is 4.79 Å². The van der Waals surface area contributed by atoms with Gasteiger partial charge in [0.05, 0.1) is 24.2 Å². The molecule has 0 aromatic heterocycles. The highest BCUT2D eigenvalue weighted by molar-refractivity contribution is 5.82. The normalized spacial score (nSPS) is 63.6. The molecule has 2 heterocycles. The Labute approximate surface area is 202 Å². The van der Waals surface area contributed by atoms with Gasteiger partial charge in [-0.2, -0.15) is 0 Å². The Bertz CT molecular complexity index is 995. The van der Waals surface area contributed by atoms with Crippen LogP contribution in [0.5, 0.6) is 0 Å². The highest BCUT2D eigenvalue weighted by Gasteiger charge is 2.88. The third-order valence-electron chi connectivity index (χ3n) is 13.3. The molecule has 188 valence electrons. The van der Waals surface area contributed by atoms with E-state index in [9.17, 15) is 20.1 Å². The van der Waals surface area contributed by atoms with E-state index in [2.05, 4.69) is 27.4 Å². The van der Waals surface area contributed by atoms with Crippen molar-refractivity contribution in [1.29, 1.82) is 0 Å². The molecule has 2 bridgehead atoms. The molecule has 6 nitrogen and oxygen atoms in total. The van der Waals surface area contributed by atoms with E-state index in [4.69, 9.17) is 9.47 Å². The number of allylic oxidation sites excluding steroid dienone is 1. The van der Waals surface area contributed by atoms with Crippen molar-refractivity contribution < 1.29 is 29.6 Å². The van der Waals surface area contributed by atoms with E-state index >= 15 is 0 Å². The standard InChI is InChI=1S/C28H40O6/c1-15-5-10-26-12-11-25(4)24(3)9-6-16-23(2,8-7-18(30)27(16,32)14-29)20(24)19-21(33-19)28(25,17(26)13-15)34-22(26)31/h16-21,29-30,32H,1,5-14H2,2-4H3/t16-,17-,18+,19+,20-,21+,23+,24-,25+,26+,27-,28-/m1/s1. The number of epoxide rings is 1. The lowest BCUT2D eigenvalue weighted by molar-refractivity contribution is -0.287. The number of fused-ring (bicyclic) bond motifs is 6. The Hall–Kier alpha value is -0.950. The Morgan fingerprint density at radius 1 is 1.06 bits per heavy atom. The number of ether oxygens (including phenoxy) is 2.